The molecule has 0 heterocycles. The van der Waals surface area contributed by atoms with Crippen molar-refractivity contribution in [1.82, 2.24) is 0 Å². The molecule has 1 aliphatic rings. The van der Waals surface area contributed by atoms with Gasteiger partial charge in [-0.25, -0.2) is 0 Å². The maximum atomic E-state index is 10.9. The van der Waals surface area contributed by atoms with E-state index in [1.807, 2.05) is 0 Å². The number of rotatable bonds is 2. The summed E-state index contributed by atoms with van der Waals surface area (Å²) in [4.78, 5) is 21.4. The van der Waals surface area contributed by atoms with Crippen LogP contribution in [0.1, 0.15) is 25.7 Å². The number of hydrogen-bond acceptors (Lipinski definition) is 2. The molecular formula is C8H11BrO4. The van der Waals surface area contributed by atoms with Crippen molar-refractivity contribution in [3.63, 3.8) is 0 Å². The second kappa shape index (κ2) is 3.65. The first kappa shape index (κ1) is 10.5. The van der Waals surface area contributed by atoms with Gasteiger partial charge in [0.05, 0.1) is 0 Å². The average Bonchev–Trinajstić information content (AvgIpc) is 2.04. The summed E-state index contributed by atoms with van der Waals surface area (Å²) in [6.45, 7) is 0. The zero-order chi connectivity index (χ0) is 10.1. The van der Waals surface area contributed by atoms with Crippen molar-refractivity contribution in [2.45, 2.75) is 30.5 Å². The summed E-state index contributed by atoms with van der Waals surface area (Å²) in [5, 5.41) is 17.8. The molecule has 1 rings (SSSR count). The molecular weight excluding hydrogens is 240 g/mol. The molecule has 13 heavy (non-hydrogen) atoms. The van der Waals surface area contributed by atoms with Crippen LogP contribution >= 0.6 is 15.9 Å². The third kappa shape index (κ3) is 1.57. The highest BCUT2D eigenvalue weighted by Crippen LogP contribution is 2.41. The first-order chi connectivity index (χ1) is 6.01. The van der Waals surface area contributed by atoms with E-state index < -0.39 is 22.2 Å². The fourth-order valence-corrected chi connectivity index (χ4v) is 2.65. The molecule has 1 saturated carbocycles. The van der Waals surface area contributed by atoms with Gasteiger partial charge in [-0.3, -0.25) is 9.59 Å². The molecule has 1 atom stereocenters. The molecule has 0 amide bonds. The Hall–Kier alpha value is -0.580. The molecule has 1 fully saturated rings. The molecule has 0 spiro atoms. The number of halogens is 1. The highest BCUT2D eigenvalue weighted by Gasteiger charge is 2.53. The first-order valence-corrected chi connectivity index (χ1v) is 5.04. The van der Waals surface area contributed by atoms with Crippen molar-refractivity contribution in [2.24, 2.45) is 5.41 Å². The largest absolute Gasteiger partial charge is 0.480 e. The number of carboxylic acids is 2. The van der Waals surface area contributed by atoms with Crippen LogP contribution in [0.4, 0.5) is 0 Å². The predicted octanol–water partition coefficient (Wildman–Crippen LogP) is 1.48. The summed E-state index contributed by atoms with van der Waals surface area (Å²) in [6.07, 6.45) is 2.38. The molecule has 0 saturated heterocycles. The summed E-state index contributed by atoms with van der Waals surface area (Å²) < 4.78 is 0. The first-order valence-electron chi connectivity index (χ1n) is 4.12. The Morgan fingerprint density at radius 1 is 1.23 bits per heavy atom. The van der Waals surface area contributed by atoms with E-state index in [1.165, 1.54) is 0 Å². The van der Waals surface area contributed by atoms with Gasteiger partial charge in [0, 0.05) is 4.83 Å². The Morgan fingerprint density at radius 2 is 1.77 bits per heavy atom. The van der Waals surface area contributed by atoms with E-state index in [2.05, 4.69) is 15.9 Å². The maximum Gasteiger partial charge on any atom is 0.322 e. The van der Waals surface area contributed by atoms with Gasteiger partial charge in [0.2, 0.25) is 0 Å². The van der Waals surface area contributed by atoms with Crippen molar-refractivity contribution < 1.29 is 19.8 Å². The lowest BCUT2D eigenvalue weighted by Gasteiger charge is -2.33. The van der Waals surface area contributed by atoms with E-state index in [4.69, 9.17) is 10.2 Å². The highest BCUT2D eigenvalue weighted by molar-refractivity contribution is 9.09. The zero-order valence-electron chi connectivity index (χ0n) is 6.99. The van der Waals surface area contributed by atoms with E-state index in [9.17, 15) is 9.59 Å². The van der Waals surface area contributed by atoms with E-state index in [-0.39, 0.29) is 6.42 Å². The fourth-order valence-electron chi connectivity index (χ4n) is 1.70. The summed E-state index contributed by atoms with van der Waals surface area (Å²) in [5.41, 5.74) is -1.61. The Morgan fingerprint density at radius 3 is 2.08 bits per heavy atom. The maximum absolute atomic E-state index is 10.9. The molecule has 1 unspecified atom stereocenters. The zero-order valence-corrected chi connectivity index (χ0v) is 8.58. The van der Waals surface area contributed by atoms with E-state index >= 15 is 0 Å². The van der Waals surface area contributed by atoms with Crippen LogP contribution in [0.5, 0.6) is 0 Å². The topological polar surface area (TPSA) is 74.6 Å². The normalized spacial score (nSPS) is 26.7. The molecule has 0 aliphatic heterocycles. The Balaban J connectivity index is 3.00. The second-order valence-corrected chi connectivity index (χ2v) is 4.40. The average molecular weight is 251 g/mol. The van der Waals surface area contributed by atoms with Crippen molar-refractivity contribution in [2.75, 3.05) is 0 Å². The van der Waals surface area contributed by atoms with Crippen molar-refractivity contribution in [3.8, 4) is 0 Å². The van der Waals surface area contributed by atoms with E-state index in [1.54, 1.807) is 0 Å². The van der Waals surface area contributed by atoms with Crippen LogP contribution in [0.3, 0.4) is 0 Å². The van der Waals surface area contributed by atoms with Crippen LogP contribution in [-0.2, 0) is 9.59 Å². The van der Waals surface area contributed by atoms with Crippen LogP contribution in [0.15, 0.2) is 0 Å². The van der Waals surface area contributed by atoms with Gasteiger partial charge in [-0.05, 0) is 12.8 Å². The van der Waals surface area contributed by atoms with Crippen molar-refractivity contribution in [3.05, 3.63) is 0 Å². The molecule has 74 valence electrons. The minimum absolute atomic E-state index is 0.216. The Kier molecular flexibility index (Phi) is 2.95. The number of alkyl halides is 1. The van der Waals surface area contributed by atoms with Gasteiger partial charge in [0.15, 0.2) is 5.41 Å². The SMILES string of the molecule is O=C(O)C1(C(=O)O)CCCCC1Br. The molecule has 1 aliphatic carbocycles. The lowest BCUT2D eigenvalue weighted by Crippen LogP contribution is -2.48. The van der Waals surface area contributed by atoms with Crippen LogP contribution in [-0.4, -0.2) is 27.0 Å². The molecule has 4 nitrogen and oxygen atoms in total. The Labute approximate surface area is 84.1 Å². The third-order valence-corrected chi connectivity index (χ3v) is 3.82. The molecule has 5 heteroatoms. The molecule has 0 aromatic heterocycles. The lowest BCUT2D eigenvalue weighted by molar-refractivity contribution is -0.166. The summed E-state index contributed by atoms with van der Waals surface area (Å²) in [7, 11) is 0. The molecule has 0 aromatic carbocycles. The molecule has 0 bridgehead atoms. The Bertz CT molecular complexity index is 224. The fraction of sp³-hybridized carbons (Fsp3) is 0.750. The quantitative estimate of drug-likeness (QED) is 0.575. The van der Waals surface area contributed by atoms with Gasteiger partial charge >= 0.3 is 11.9 Å². The van der Waals surface area contributed by atoms with Crippen LogP contribution in [0.25, 0.3) is 0 Å². The van der Waals surface area contributed by atoms with Gasteiger partial charge < -0.3 is 10.2 Å². The highest BCUT2D eigenvalue weighted by atomic mass is 79.9. The summed E-state index contributed by atoms with van der Waals surface area (Å²) in [5.74, 6) is -2.47. The summed E-state index contributed by atoms with van der Waals surface area (Å²) >= 11 is 3.15. The van der Waals surface area contributed by atoms with Crippen molar-refractivity contribution in [1.29, 1.82) is 0 Å². The minimum Gasteiger partial charge on any atom is -0.480 e. The standard InChI is InChI=1S/C8H11BrO4/c9-5-3-1-2-4-8(5,6(10)11)7(12)13/h5H,1-4H2,(H,10,11)(H,12,13). The summed E-state index contributed by atoms with van der Waals surface area (Å²) in [6, 6.07) is 0. The number of carboxylic acid groups (broad SMARTS) is 2. The molecule has 0 aromatic rings. The number of aliphatic carboxylic acids is 2. The predicted molar refractivity (Wildman–Crippen MR) is 48.9 cm³/mol. The van der Waals surface area contributed by atoms with Crippen LogP contribution < -0.4 is 0 Å². The van der Waals surface area contributed by atoms with Gasteiger partial charge in [-0.2, -0.15) is 0 Å². The third-order valence-electron chi connectivity index (χ3n) is 2.58. The second-order valence-electron chi connectivity index (χ2n) is 3.29. The molecule has 2 N–H and O–H groups in total. The van der Waals surface area contributed by atoms with Gasteiger partial charge in [0.1, 0.15) is 0 Å². The van der Waals surface area contributed by atoms with Crippen molar-refractivity contribution >= 4 is 27.9 Å². The van der Waals surface area contributed by atoms with Crippen LogP contribution in [0.2, 0.25) is 0 Å². The van der Waals surface area contributed by atoms with Gasteiger partial charge in [-0.15, -0.1) is 0 Å². The number of hydrogen-bond donors (Lipinski definition) is 2. The minimum atomic E-state index is -1.61. The lowest BCUT2D eigenvalue weighted by atomic mass is 9.74. The monoisotopic (exact) mass is 250 g/mol. The number of carbonyl (C=O) groups is 2. The van der Waals surface area contributed by atoms with Gasteiger partial charge in [-0.1, -0.05) is 28.8 Å². The smallest absolute Gasteiger partial charge is 0.322 e. The molecule has 0 radical (unpaired) electrons. The van der Waals surface area contributed by atoms with E-state index in [0.29, 0.717) is 12.8 Å². The van der Waals surface area contributed by atoms with Crippen LogP contribution in [0, 0.1) is 5.41 Å². The van der Waals surface area contributed by atoms with E-state index in [0.717, 1.165) is 6.42 Å². The van der Waals surface area contributed by atoms with Gasteiger partial charge in [0.25, 0.3) is 0 Å².